The van der Waals surface area contributed by atoms with Gasteiger partial charge in [0.05, 0.1) is 7.11 Å². The van der Waals surface area contributed by atoms with Crippen LogP contribution in [0.25, 0.3) is 11.0 Å². The smallest absolute Gasteiger partial charge is 0.134 e. The van der Waals surface area contributed by atoms with Crippen molar-refractivity contribution in [2.24, 2.45) is 5.73 Å². The largest absolute Gasteiger partial charge is 0.497 e. The summed E-state index contributed by atoms with van der Waals surface area (Å²) in [5.41, 5.74) is 7.03. The molecule has 1 aromatic carbocycles. The van der Waals surface area contributed by atoms with E-state index in [4.69, 9.17) is 14.9 Å². The van der Waals surface area contributed by atoms with E-state index in [9.17, 15) is 0 Å². The predicted octanol–water partition coefficient (Wildman–Crippen LogP) is 3.60. The number of benzene rings is 1. The highest BCUT2D eigenvalue weighted by Crippen LogP contribution is 2.41. The molecule has 0 unspecified atom stereocenters. The Kier molecular flexibility index (Phi) is 3.23. The summed E-state index contributed by atoms with van der Waals surface area (Å²) >= 11 is 0. The van der Waals surface area contributed by atoms with Gasteiger partial charge < -0.3 is 14.9 Å². The monoisotopic (exact) mass is 259 g/mol. The van der Waals surface area contributed by atoms with Gasteiger partial charge in [-0.3, -0.25) is 0 Å². The molecule has 0 amide bonds. The summed E-state index contributed by atoms with van der Waals surface area (Å²) in [6, 6.07) is 8.09. The van der Waals surface area contributed by atoms with Gasteiger partial charge >= 0.3 is 0 Å². The molecule has 0 atom stereocenters. The number of nitrogens with two attached hydrogens (primary N) is 1. The molecule has 1 fully saturated rings. The second kappa shape index (κ2) is 4.89. The van der Waals surface area contributed by atoms with Crippen LogP contribution in [0.4, 0.5) is 0 Å². The molecular weight excluding hydrogens is 238 g/mol. The number of ether oxygens (including phenoxy) is 1. The lowest BCUT2D eigenvalue weighted by Gasteiger charge is -2.34. The van der Waals surface area contributed by atoms with E-state index in [2.05, 4.69) is 6.07 Å². The molecular formula is C16H21NO2. The van der Waals surface area contributed by atoms with Crippen molar-refractivity contribution >= 4 is 11.0 Å². The lowest BCUT2D eigenvalue weighted by Crippen LogP contribution is -2.36. The number of hydrogen-bond acceptors (Lipinski definition) is 3. The Hall–Kier alpha value is -1.48. The van der Waals surface area contributed by atoms with Crippen LogP contribution >= 0.6 is 0 Å². The average Bonchev–Trinajstić information content (AvgIpc) is 2.91. The fourth-order valence-electron chi connectivity index (χ4n) is 3.19. The van der Waals surface area contributed by atoms with Crippen LogP contribution in [-0.4, -0.2) is 13.7 Å². The molecule has 0 bridgehead atoms. The summed E-state index contributed by atoms with van der Waals surface area (Å²) in [6.07, 6.45) is 6.09. The molecule has 0 aliphatic heterocycles. The maximum Gasteiger partial charge on any atom is 0.134 e. The molecule has 3 rings (SSSR count). The summed E-state index contributed by atoms with van der Waals surface area (Å²) in [7, 11) is 1.69. The lowest BCUT2D eigenvalue weighted by atomic mass is 9.72. The molecule has 1 aromatic heterocycles. The Morgan fingerprint density at radius 3 is 2.68 bits per heavy atom. The van der Waals surface area contributed by atoms with Crippen molar-refractivity contribution in [3.63, 3.8) is 0 Å². The first-order valence-electron chi connectivity index (χ1n) is 7.05. The van der Waals surface area contributed by atoms with Gasteiger partial charge in [0.25, 0.3) is 0 Å². The third-order valence-electron chi connectivity index (χ3n) is 4.45. The van der Waals surface area contributed by atoms with Gasteiger partial charge in [0.15, 0.2) is 0 Å². The van der Waals surface area contributed by atoms with E-state index in [1.807, 2.05) is 18.2 Å². The molecule has 1 saturated carbocycles. The van der Waals surface area contributed by atoms with Crippen LogP contribution in [0.3, 0.4) is 0 Å². The summed E-state index contributed by atoms with van der Waals surface area (Å²) in [4.78, 5) is 0. The zero-order chi connectivity index (χ0) is 13.3. The van der Waals surface area contributed by atoms with Crippen molar-refractivity contribution in [1.82, 2.24) is 0 Å². The molecule has 2 aromatic rings. The Balaban J connectivity index is 2.03. The van der Waals surface area contributed by atoms with Gasteiger partial charge in [-0.2, -0.15) is 0 Å². The van der Waals surface area contributed by atoms with Crippen molar-refractivity contribution in [3.8, 4) is 5.75 Å². The standard InChI is InChI=1S/C16H21NO2/c1-18-13-5-6-14-12(9-13)10-15(19-14)16(11-17)7-3-2-4-8-16/h5-6,9-10H,2-4,7-8,11,17H2,1H3. The normalized spacial score (nSPS) is 18.6. The maximum absolute atomic E-state index is 6.07. The minimum absolute atomic E-state index is 0.0461. The summed E-state index contributed by atoms with van der Waals surface area (Å²) < 4.78 is 11.3. The SMILES string of the molecule is COc1ccc2oc(C3(CN)CCCCC3)cc2c1. The summed E-state index contributed by atoms with van der Waals surface area (Å²) in [6.45, 7) is 0.671. The average molecular weight is 259 g/mol. The van der Waals surface area contributed by atoms with Gasteiger partial charge in [-0.05, 0) is 37.1 Å². The van der Waals surface area contributed by atoms with Crippen molar-refractivity contribution in [2.75, 3.05) is 13.7 Å². The van der Waals surface area contributed by atoms with Gasteiger partial charge in [-0.25, -0.2) is 0 Å². The van der Waals surface area contributed by atoms with Crippen molar-refractivity contribution < 1.29 is 9.15 Å². The zero-order valence-corrected chi connectivity index (χ0v) is 11.4. The molecule has 3 nitrogen and oxygen atoms in total. The third kappa shape index (κ3) is 2.12. The minimum atomic E-state index is 0.0461. The molecule has 1 aliphatic rings. The summed E-state index contributed by atoms with van der Waals surface area (Å²) in [5, 5.41) is 1.10. The maximum atomic E-state index is 6.07. The number of fused-ring (bicyclic) bond motifs is 1. The lowest BCUT2D eigenvalue weighted by molar-refractivity contribution is 0.257. The van der Waals surface area contributed by atoms with E-state index in [1.54, 1.807) is 7.11 Å². The van der Waals surface area contributed by atoms with Gasteiger partial charge in [0, 0.05) is 17.3 Å². The van der Waals surface area contributed by atoms with Crippen LogP contribution in [-0.2, 0) is 5.41 Å². The van der Waals surface area contributed by atoms with Crippen LogP contribution < -0.4 is 10.5 Å². The van der Waals surface area contributed by atoms with Crippen LogP contribution in [0.2, 0.25) is 0 Å². The Morgan fingerprint density at radius 1 is 1.21 bits per heavy atom. The first-order chi connectivity index (χ1) is 9.27. The summed E-state index contributed by atoms with van der Waals surface area (Å²) in [5.74, 6) is 1.92. The van der Waals surface area contributed by atoms with Crippen LogP contribution in [0.15, 0.2) is 28.7 Å². The molecule has 102 valence electrons. The number of hydrogen-bond donors (Lipinski definition) is 1. The van der Waals surface area contributed by atoms with Crippen molar-refractivity contribution in [3.05, 3.63) is 30.0 Å². The molecule has 0 radical (unpaired) electrons. The number of methoxy groups -OCH3 is 1. The van der Waals surface area contributed by atoms with Gasteiger partial charge in [0.2, 0.25) is 0 Å². The van der Waals surface area contributed by atoms with Gasteiger partial charge in [-0.1, -0.05) is 19.3 Å². The first kappa shape index (κ1) is 12.5. The molecule has 3 heteroatoms. The molecule has 1 heterocycles. The van der Waals surface area contributed by atoms with Crippen molar-refractivity contribution in [1.29, 1.82) is 0 Å². The van der Waals surface area contributed by atoms with Crippen LogP contribution in [0, 0.1) is 0 Å². The fourth-order valence-corrected chi connectivity index (χ4v) is 3.19. The minimum Gasteiger partial charge on any atom is -0.497 e. The second-order valence-electron chi connectivity index (χ2n) is 5.56. The Morgan fingerprint density at radius 2 is 2.00 bits per heavy atom. The highest BCUT2D eigenvalue weighted by Gasteiger charge is 2.35. The first-order valence-corrected chi connectivity index (χ1v) is 7.05. The number of rotatable bonds is 3. The Labute approximate surface area is 113 Å². The molecule has 0 saturated heterocycles. The Bertz CT molecular complexity index is 567. The number of furan rings is 1. The quantitative estimate of drug-likeness (QED) is 0.916. The van der Waals surface area contributed by atoms with Gasteiger partial charge in [-0.15, -0.1) is 0 Å². The van der Waals surface area contributed by atoms with Gasteiger partial charge in [0.1, 0.15) is 17.1 Å². The molecule has 0 spiro atoms. The second-order valence-corrected chi connectivity index (χ2v) is 5.56. The zero-order valence-electron chi connectivity index (χ0n) is 11.4. The molecule has 1 aliphatic carbocycles. The fraction of sp³-hybridized carbons (Fsp3) is 0.500. The van der Waals surface area contributed by atoms with E-state index >= 15 is 0 Å². The highest BCUT2D eigenvalue weighted by atomic mass is 16.5. The van der Waals surface area contributed by atoms with E-state index in [-0.39, 0.29) is 5.41 Å². The van der Waals surface area contributed by atoms with E-state index in [0.29, 0.717) is 6.54 Å². The molecule has 2 N–H and O–H groups in total. The third-order valence-corrected chi connectivity index (χ3v) is 4.45. The van der Waals surface area contributed by atoms with E-state index in [0.717, 1.165) is 35.3 Å². The van der Waals surface area contributed by atoms with Crippen LogP contribution in [0.5, 0.6) is 5.75 Å². The van der Waals surface area contributed by atoms with Crippen molar-refractivity contribution in [2.45, 2.75) is 37.5 Å². The van der Waals surface area contributed by atoms with E-state index < -0.39 is 0 Å². The highest BCUT2D eigenvalue weighted by molar-refractivity contribution is 5.79. The predicted molar refractivity (Wildman–Crippen MR) is 76.6 cm³/mol. The van der Waals surface area contributed by atoms with Crippen LogP contribution in [0.1, 0.15) is 37.9 Å². The molecule has 19 heavy (non-hydrogen) atoms. The topological polar surface area (TPSA) is 48.4 Å². The van der Waals surface area contributed by atoms with E-state index in [1.165, 1.54) is 19.3 Å².